The number of ether oxygens (including phenoxy) is 1. The fraction of sp³-hybridized carbons (Fsp3) is 0.0625. The van der Waals surface area contributed by atoms with Crippen LogP contribution >= 0.6 is 0 Å². The highest BCUT2D eigenvalue weighted by atomic mass is 19.1. The molecule has 4 nitrogen and oxygen atoms in total. The van der Waals surface area contributed by atoms with Gasteiger partial charge in [-0.25, -0.2) is 4.39 Å². The molecule has 0 aliphatic rings. The van der Waals surface area contributed by atoms with Crippen molar-refractivity contribution in [3.05, 3.63) is 66.0 Å². The van der Waals surface area contributed by atoms with E-state index in [1.165, 1.54) is 6.07 Å². The van der Waals surface area contributed by atoms with Crippen molar-refractivity contribution in [1.82, 2.24) is 10.2 Å². The fourth-order valence-corrected chi connectivity index (χ4v) is 2.02. The molecule has 3 rings (SSSR count). The molecule has 0 bridgehead atoms. The van der Waals surface area contributed by atoms with Gasteiger partial charge in [-0.15, -0.1) is 0 Å². The number of H-pyrrole nitrogens is 1. The van der Waals surface area contributed by atoms with Gasteiger partial charge in [-0.05, 0) is 17.7 Å². The second kappa shape index (κ2) is 5.66. The standard InChI is InChI=1S/C16H14FN3O/c17-14-8-12(21-10-11-4-2-1-3-5-11)6-7-13(14)15-9-16(18)20-19-15/h1-9H,10H2,(H3,18,19,20). The summed E-state index contributed by atoms with van der Waals surface area (Å²) in [4.78, 5) is 0. The normalized spacial score (nSPS) is 10.5. The Hall–Kier alpha value is -2.82. The van der Waals surface area contributed by atoms with E-state index >= 15 is 0 Å². The Morgan fingerprint density at radius 3 is 2.57 bits per heavy atom. The molecular weight excluding hydrogens is 269 g/mol. The van der Waals surface area contributed by atoms with Crippen LogP contribution < -0.4 is 10.5 Å². The largest absolute Gasteiger partial charge is 0.489 e. The fourth-order valence-electron chi connectivity index (χ4n) is 2.02. The summed E-state index contributed by atoms with van der Waals surface area (Å²) < 4.78 is 19.7. The smallest absolute Gasteiger partial charge is 0.145 e. The molecule has 5 heteroatoms. The van der Waals surface area contributed by atoms with Crippen molar-refractivity contribution in [2.45, 2.75) is 6.61 Å². The number of nitrogens with one attached hydrogen (secondary N) is 1. The SMILES string of the molecule is Nc1cc(-c2ccc(OCc3ccccc3)cc2F)[nH]n1. The van der Waals surface area contributed by atoms with Crippen LogP contribution in [0.3, 0.4) is 0 Å². The third-order valence-electron chi connectivity index (χ3n) is 3.08. The first-order valence-corrected chi connectivity index (χ1v) is 6.50. The minimum atomic E-state index is -0.385. The van der Waals surface area contributed by atoms with Gasteiger partial charge in [0, 0.05) is 17.7 Å². The predicted octanol–water partition coefficient (Wildman–Crippen LogP) is 3.38. The maximum Gasteiger partial charge on any atom is 0.145 e. The van der Waals surface area contributed by atoms with Gasteiger partial charge in [0.15, 0.2) is 0 Å². The molecule has 0 atom stereocenters. The number of nitrogen functional groups attached to an aromatic ring is 1. The van der Waals surface area contributed by atoms with Gasteiger partial charge in [0.25, 0.3) is 0 Å². The summed E-state index contributed by atoms with van der Waals surface area (Å²) in [5.41, 5.74) is 7.50. The first-order chi connectivity index (χ1) is 10.2. The zero-order chi connectivity index (χ0) is 14.7. The number of halogens is 1. The molecule has 0 aliphatic heterocycles. The Labute approximate surface area is 121 Å². The van der Waals surface area contributed by atoms with Crippen LogP contribution in [0, 0.1) is 5.82 Å². The van der Waals surface area contributed by atoms with Gasteiger partial charge in [0.1, 0.15) is 24.0 Å². The lowest BCUT2D eigenvalue weighted by Crippen LogP contribution is -1.96. The quantitative estimate of drug-likeness (QED) is 0.771. The Kier molecular flexibility index (Phi) is 3.55. The lowest BCUT2D eigenvalue weighted by molar-refractivity contribution is 0.304. The number of rotatable bonds is 4. The molecule has 0 saturated carbocycles. The van der Waals surface area contributed by atoms with Gasteiger partial charge in [0.2, 0.25) is 0 Å². The third-order valence-corrected chi connectivity index (χ3v) is 3.08. The maximum absolute atomic E-state index is 14.1. The number of nitrogens with zero attached hydrogens (tertiary/aromatic N) is 1. The van der Waals surface area contributed by atoms with E-state index < -0.39 is 0 Å². The van der Waals surface area contributed by atoms with E-state index in [0.717, 1.165) is 5.56 Å². The van der Waals surface area contributed by atoms with E-state index in [1.54, 1.807) is 18.2 Å². The first kappa shape index (κ1) is 13.2. The zero-order valence-corrected chi connectivity index (χ0v) is 11.2. The molecule has 21 heavy (non-hydrogen) atoms. The van der Waals surface area contributed by atoms with Crippen molar-refractivity contribution in [3.8, 4) is 17.0 Å². The molecule has 2 aromatic carbocycles. The molecule has 0 saturated heterocycles. The molecule has 1 aromatic heterocycles. The van der Waals surface area contributed by atoms with Gasteiger partial charge in [-0.1, -0.05) is 30.3 Å². The van der Waals surface area contributed by atoms with Crippen LogP contribution in [0.15, 0.2) is 54.6 Å². The molecule has 0 aliphatic carbocycles. The number of aromatic nitrogens is 2. The lowest BCUT2D eigenvalue weighted by atomic mass is 10.1. The van der Waals surface area contributed by atoms with Crippen LogP contribution in [0.2, 0.25) is 0 Å². The van der Waals surface area contributed by atoms with Gasteiger partial charge >= 0.3 is 0 Å². The minimum absolute atomic E-state index is 0.328. The summed E-state index contributed by atoms with van der Waals surface area (Å²) >= 11 is 0. The number of nitrogens with two attached hydrogens (primary N) is 1. The van der Waals surface area contributed by atoms with Crippen molar-refractivity contribution < 1.29 is 9.13 Å². The first-order valence-electron chi connectivity index (χ1n) is 6.50. The summed E-state index contributed by atoms with van der Waals surface area (Å²) in [6.07, 6.45) is 0. The third kappa shape index (κ3) is 3.02. The highest BCUT2D eigenvalue weighted by Gasteiger charge is 2.09. The van der Waals surface area contributed by atoms with Gasteiger partial charge in [0.05, 0.1) is 5.69 Å². The van der Waals surface area contributed by atoms with Crippen molar-refractivity contribution in [1.29, 1.82) is 0 Å². The van der Waals surface area contributed by atoms with Crippen LogP contribution in [0.1, 0.15) is 5.56 Å². The molecule has 0 radical (unpaired) electrons. The highest BCUT2D eigenvalue weighted by Crippen LogP contribution is 2.26. The van der Waals surface area contributed by atoms with E-state index in [-0.39, 0.29) is 5.82 Å². The summed E-state index contributed by atoms with van der Waals surface area (Å²) in [7, 11) is 0. The van der Waals surface area contributed by atoms with Gasteiger partial charge in [-0.2, -0.15) is 5.10 Å². The number of benzene rings is 2. The second-order valence-electron chi connectivity index (χ2n) is 4.62. The Balaban J connectivity index is 1.75. The number of aromatic amines is 1. The predicted molar refractivity (Wildman–Crippen MR) is 79.2 cm³/mol. The average molecular weight is 283 g/mol. The molecule has 106 valence electrons. The second-order valence-corrected chi connectivity index (χ2v) is 4.62. The van der Waals surface area contributed by atoms with E-state index in [9.17, 15) is 4.39 Å². The highest BCUT2D eigenvalue weighted by molar-refractivity contribution is 5.63. The van der Waals surface area contributed by atoms with Crippen LogP contribution in [0.5, 0.6) is 5.75 Å². The average Bonchev–Trinajstić information content (AvgIpc) is 2.92. The summed E-state index contributed by atoms with van der Waals surface area (Å²) in [6.45, 7) is 0.399. The van der Waals surface area contributed by atoms with Crippen molar-refractivity contribution in [2.24, 2.45) is 0 Å². The Morgan fingerprint density at radius 1 is 1.10 bits per heavy atom. The van der Waals surface area contributed by atoms with Crippen molar-refractivity contribution in [3.63, 3.8) is 0 Å². The van der Waals surface area contributed by atoms with E-state index in [4.69, 9.17) is 10.5 Å². The zero-order valence-electron chi connectivity index (χ0n) is 11.2. The maximum atomic E-state index is 14.1. The lowest BCUT2D eigenvalue weighted by Gasteiger charge is -2.08. The van der Waals surface area contributed by atoms with Crippen LogP contribution in [-0.4, -0.2) is 10.2 Å². The molecule has 0 fully saturated rings. The minimum Gasteiger partial charge on any atom is -0.489 e. The number of hydrogen-bond donors (Lipinski definition) is 2. The van der Waals surface area contributed by atoms with E-state index in [0.29, 0.717) is 29.4 Å². The Bertz CT molecular complexity index is 740. The molecule has 0 amide bonds. The molecule has 0 spiro atoms. The Morgan fingerprint density at radius 2 is 1.90 bits per heavy atom. The van der Waals surface area contributed by atoms with Crippen molar-refractivity contribution in [2.75, 3.05) is 5.73 Å². The van der Waals surface area contributed by atoms with Crippen LogP contribution in [-0.2, 0) is 6.61 Å². The molecule has 1 heterocycles. The van der Waals surface area contributed by atoms with E-state index in [1.807, 2.05) is 30.3 Å². The molecule has 0 unspecified atom stereocenters. The van der Waals surface area contributed by atoms with Gasteiger partial charge < -0.3 is 10.5 Å². The van der Waals surface area contributed by atoms with E-state index in [2.05, 4.69) is 10.2 Å². The summed E-state index contributed by atoms with van der Waals surface area (Å²) in [5, 5.41) is 6.47. The van der Waals surface area contributed by atoms with Crippen molar-refractivity contribution >= 4 is 5.82 Å². The van der Waals surface area contributed by atoms with Crippen LogP contribution in [0.4, 0.5) is 10.2 Å². The summed E-state index contributed by atoms with van der Waals surface area (Å²) in [6, 6.07) is 16.0. The topological polar surface area (TPSA) is 63.9 Å². The molecular formula is C16H14FN3O. The monoisotopic (exact) mass is 283 g/mol. The molecule has 3 aromatic rings. The van der Waals surface area contributed by atoms with Crippen LogP contribution in [0.25, 0.3) is 11.3 Å². The summed E-state index contributed by atoms with van der Waals surface area (Å²) in [5.74, 6) is 0.422. The molecule has 3 N–H and O–H groups in total. The number of anilines is 1. The van der Waals surface area contributed by atoms with Gasteiger partial charge in [-0.3, -0.25) is 5.10 Å². The number of hydrogen-bond acceptors (Lipinski definition) is 3.